The maximum Gasteiger partial charge on any atom is 0.217 e. The molecule has 0 radical (unpaired) electrons. The predicted octanol–water partition coefficient (Wildman–Crippen LogP) is 1.06. The highest BCUT2D eigenvalue weighted by atomic mass is 16.6. The van der Waals surface area contributed by atoms with Crippen LogP contribution in [0.25, 0.3) is 0 Å². The van der Waals surface area contributed by atoms with Crippen LogP contribution in [0.5, 0.6) is 0 Å². The van der Waals surface area contributed by atoms with E-state index < -0.39 is 0 Å². The van der Waals surface area contributed by atoms with E-state index in [1.165, 1.54) is 0 Å². The van der Waals surface area contributed by atoms with Crippen LogP contribution < -0.4 is 0 Å². The molecule has 46 valence electrons. The number of nitrogens with zero attached hydrogens (tertiary/aromatic N) is 2. The van der Waals surface area contributed by atoms with Gasteiger partial charge in [0, 0.05) is 20.2 Å². The van der Waals surface area contributed by atoms with Crippen molar-refractivity contribution < 1.29 is 4.84 Å². The van der Waals surface area contributed by atoms with E-state index in [1.807, 2.05) is 6.92 Å². The van der Waals surface area contributed by atoms with Crippen LogP contribution in [0, 0.1) is 0 Å². The monoisotopic (exact) mass is 114 g/mol. The second kappa shape index (κ2) is 4.30. The van der Waals surface area contributed by atoms with Crippen LogP contribution in [0.15, 0.2) is 10.1 Å². The Kier molecular flexibility index (Phi) is 3.84. The third kappa shape index (κ3) is 3.33. The summed E-state index contributed by atoms with van der Waals surface area (Å²) < 4.78 is 0. The summed E-state index contributed by atoms with van der Waals surface area (Å²) >= 11 is 0. The van der Waals surface area contributed by atoms with Gasteiger partial charge in [-0.25, -0.2) is 0 Å². The molecule has 0 saturated carbocycles. The fourth-order valence-corrected chi connectivity index (χ4v) is 0.345. The summed E-state index contributed by atoms with van der Waals surface area (Å²) in [6.45, 7) is 7.51. The maximum absolute atomic E-state index is 4.55. The highest BCUT2D eigenvalue weighted by Crippen LogP contribution is 1.79. The van der Waals surface area contributed by atoms with Gasteiger partial charge >= 0.3 is 0 Å². The van der Waals surface area contributed by atoms with Crippen molar-refractivity contribution in [3.63, 3.8) is 0 Å². The summed E-state index contributed by atoms with van der Waals surface area (Å²) in [5, 5.41) is 3.17. The lowest BCUT2D eigenvalue weighted by Crippen LogP contribution is -1.92. The molecule has 0 fully saturated rings. The van der Waals surface area contributed by atoms with E-state index in [9.17, 15) is 0 Å². The Balaban J connectivity index is 3.44. The Morgan fingerprint density at radius 1 is 1.75 bits per heavy atom. The lowest BCUT2D eigenvalue weighted by atomic mass is 10.7. The van der Waals surface area contributed by atoms with E-state index in [1.54, 1.807) is 6.92 Å². The third-order valence-electron chi connectivity index (χ3n) is 0.577. The standard InChI is InChI=1S/C5H10N2O/c1-4-7-5(2)8-6-3/h3-4H2,1-2H3/b7-5-. The van der Waals surface area contributed by atoms with Crippen LogP contribution in [-0.2, 0) is 4.84 Å². The summed E-state index contributed by atoms with van der Waals surface area (Å²) in [6, 6.07) is 0. The smallest absolute Gasteiger partial charge is 0.217 e. The average molecular weight is 114 g/mol. The van der Waals surface area contributed by atoms with Crippen molar-refractivity contribution in [3.8, 4) is 0 Å². The zero-order chi connectivity index (χ0) is 6.41. The predicted molar refractivity (Wildman–Crippen MR) is 34.3 cm³/mol. The Hall–Kier alpha value is -0.860. The number of rotatable bonds is 2. The quantitative estimate of drug-likeness (QED) is 0.300. The Morgan fingerprint density at radius 3 is 2.75 bits per heavy atom. The van der Waals surface area contributed by atoms with Gasteiger partial charge in [-0.2, -0.15) is 0 Å². The van der Waals surface area contributed by atoms with Gasteiger partial charge in [-0.1, -0.05) is 5.16 Å². The first-order valence-corrected chi connectivity index (χ1v) is 2.45. The van der Waals surface area contributed by atoms with Crippen molar-refractivity contribution in [2.45, 2.75) is 13.8 Å². The molecule has 0 aromatic rings. The highest BCUT2D eigenvalue weighted by molar-refractivity contribution is 5.72. The molecule has 0 saturated heterocycles. The zero-order valence-electron chi connectivity index (χ0n) is 5.22. The van der Waals surface area contributed by atoms with Crippen LogP contribution in [-0.4, -0.2) is 19.2 Å². The summed E-state index contributed by atoms with van der Waals surface area (Å²) in [7, 11) is 0. The largest absolute Gasteiger partial charge is 0.343 e. The number of oxime groups is 1. The maximum atomic E-state index is 4.55. The first kappa shape index (κ1) is 7.14. The van der Waals surface area contributed by atoms with Crippen molar-refractivity contribution in [1.29, 1.82) is 0 Å². The Labute approximate surface area is 49.1 Å². The third-order valence-corrected chi connectivity index (χ3v) is 0.577. The van der Waals surface area contributed by atoms with E-state index in [0.29, 0.717) is 5.90 Å². The van der Waals surface area contributed by atoms with Gasteiger partial charge in [0.1, 0.15) is 0 Å². The highest BCUT2D eigenvalue weighted by Gasteiger charge is 1.82. The number of hydrogen-bond acceptors (Lipinski definition) is 3. The molecule has 0 rings (SSSR count). The summed E-state index contributed by atoms with van der Waals surface area (Å²) in [4.78, 5) is 8.42. The first-order chi connectivity index (χ1) is 3.81. The van der Waals surface area contributed by atoms with Gasteiger partial charge in [-0.3, -0.25) is 4.99 Å². The van der Waals surface area contributed by atoms with Gasteiger partial charge in [-0.05, 0) is 6.92 Å². The minimum absolute atomic E-state index is 0.558. The molecule has 0 aromatic carbocycles. The second-order valence-electron chi connectivity index (χ2n) is 1.21. The van der Waals surface area contributed by atoms with Crippen molar-refractivity contribution in [2.75, 3.05) is 6.54 Å². The average Bonchev–Trinajstić information content (AvgIpc) is 1.68. The van der Waals surface area contributed by atoms with E-state index in [-0.39, 0.29) is 0 Å². The van der Waals surface area contributed by atoms with E-state index >= 15 is 0 Å². The number of hydrogen-bond donors (Lipinski definition) is 0. The van der Waals surface area contributed by atoms with Crippen molar-refractivity contribution in [2.24, 2.45) is 10.1 Å². The molecule has 0 bridgehead atoms. The topological polar surface area (TPSA) is 34.0 Å². The van der Waals surface area contributed by atoms with Crippen LogP contribution in [0.2, 0.25) is 0 Å². The van der Waals surface area contributed by atoms with Crippen molar-refractivity contribution >= 4 is 12.6 Å². The molecule has 0 aliphatic rings. The molecular weight excluding hydrogens is 104 g/mol. The zero-order valence-corrected chi connectivity index (χ0v) is 5.22. The van der Waals surface area contributed by atoms with Crippen LogP contribution in [0.3, 0.4) is 0 Å². The molecule has 3 nitrogen and oxygen atoms in total. The molecule has 0 amide bonds. The summed E-state index contributed by atoms with van der Waals surface area (Å²) in [5.41, 5.74) is 0. The molecule has 0 aliphatic heterocycles. The molecule has 3 heteroatoms. The molecule has 0 atom stereocenters. The molecular formula is C5H10N2O. The van der Waals surface area contributed by atoms with Crippen LogP contribution >= 0.6 is 0 Å². The molecule has 0 spiro atoms. The van der Waals surface area contributed by atoms with Gasteiger partial charge < -0.3 is 4.84 Å². The van der Waals surface area contributed by atoms with Crippen molar-refractivity contribution in [1.82, 2.24) is 0 Å². The summed E-state index contributed by atoms with van der Waals surface area (Å²) in [5.74, 6) is 0.558. The lowest BCUT2D eigenvalue weighted by Gasteiger charge is -1.91. The number of aliphatic imine (C=N–C) groups is 1. The minimum Gasteiger partial charge on any atom is -0.343 e. The lowest BCUT2D eigenvalue weighted by molar-refractivity contribution is 0.328. The van der Waals surface area contributed by atoms with Crippen LogP contribution in [0.4, 0.5) is 0 Å². The van der Waals surface area contributed by atoms with Crippen molar-refractivity contribution in [3.05, 3.63) is 0 Å². The summed E-state index contributed by atoms with van der Waals surface area (Å²) in [6.07, 6.45) is 0. The fraction of sp³-hybridized carbons (Fsp3) is 0.600. The van der Waals surface area contributed by atoms with Gasteiger partial charge in [0.05, 0.1) is 0 Å². The SMILES string of the molecule is C=NO/C(C)=N\CC. The van der Waals surface area contributed by atoms with Gasteiger partial charge in [0.25, 0.3) is 0 Å². The minimum atomic E-state index is 0.558. The Morgan fingerprint density at radius 2 is 2.38 bits per heavy atom. The second-order valence-corrected chi connectivity index (χ2v) is 1.21. The molecule has 0 aliphatic carbocycles. The first-order valence-electron chi connectivity index (χ1n) is 2.45. The fourth-order valence-electron chi connectivity index (χ4n) is 0.345. The van der Waals surface area contributed by atoms with Gasteiger partial charge in [0.2, 0.25) is 5.90 Å². The van der Waals surface area contributed by atoms with E-state index in [0.717, 1.165) is 6.54 Å². The normalized spacial score (nSPS) is 11.0. The van der Waals surface area contributed by atoms with E-state index in [2.05, 4.69) is 21.7 Å². The van der Waals surface area contributed by atoms with Gasteiger partial charge in [0.15, 0.2) is 0 Å². The molecule has 0 unspecified atom stereocenters. The van der Waals surface area contributed by atoms with Crippen LogP contribution in [0.1, 0.15) is 13.8 Å². The molecule has 8 heavy (non-hydrogen) atoms. The molecule has 0 aromatic heterocycles. The molecule has 0 heterocycles. The molecule has 0 N–H and O–H groups in total. The Bertz CT molecular complexity index is 98.6. The van der Waals surface area contributed by atoms with Gasteiger partial charge in [-0.15, -0.1) is 0 Å². The van der Waals surface area contributed by atoms with E-state index in [4.69, 9.17) is 0 Å².